The number of benzene rings is 1. The molecule has 0 bridgehead atoms. The Hall–Kier alpha value is -1.62. The van der Waals surface area contributed by atoms with E-state index in [0.29, 0.717) is 25.3 Å². The van der Waals surface area contributed by atoms with E-state index in [4.69, 9.17) is 4.74 Å². The Kier molecular flexibility index (Phi) is 7.01. The summed E-state index contributed by atoms with van der Waals surface area (Å²) >= 11 is 0. The van der Waals surface area contributed by atoms with Gasteiger partial charge in [0.05, 0.1) is 17.9 Å². The summed E-state index contributed by atoms with van der Waals surface area (Å²) < 4.78 is 18.8. The Morgan fingerprint density at radius 1 is 1.45 bits per heavy atom. The van der Waals surface area contributed by atoms with Gasteiger partial charge in [0, 0.05) is 20.2 Å². The topological polar surface area (TPSA) is 50.4 Å². The number of hydrogen-bond donors (Lipinski definition) is 2. The molecule has 1 atom stereocenters. The molecule has 1 aromatic rings. The van der Waals surface area contributed by atoms with Crippen molar-refractivity contribution in [2.75, 3.05) is 32.1 Å². The van der Waals surface area contributed by atoms with Crippen LogP contribution in [0.2, 0.25) is 0 Å². The lowest BCUT2D eigenvalue weighted by Crippen LogP contribution is -2.30. The van der Waals surface area contributed by atoms with Gasteiger partial charge in [-0.25, -0.2) is 4.39 Å². The molecule has 20 heavy (non-hydrogen) atoms. The highest BCUT2D eigenvalue weighted by Crippen LogP contribution is 2.19. The van der Waals surface area contributed by atoms with Gasteiger partial charge < -0.3 is 15.4 Å². The van der Waals surface area contributed by atoms with Crippen molar-refractivity contribution >= 4 is 11.6 Å². The standard InChI is InChI=1S/C15H23FN2O2/c1-4-8-17-14-12(6-5-7-13(14)16)15(19)18-9-11(2)10-20-3/h5-7,11,17H,4,8-10H2,1-3H3,(H,18,19). The van der Waals surface area contributed by atoms with Crippen LogP contribution in [0.3, 0.4) is 0 Å². The highest BCUT2D eigenvalue weighted by atomic mass is 19.1. The molecule has 1 amide bonds. The fraction of sp³-hybridized carbons (Fsp3) is 0.533. The molecule has 0 aliphatic carbocycles. The zero-order chi connectivity index (χ0) is 15.0. The van der Waals surface area contributed by atoms with Crippen LogP contribution < -0.4 is 10.6 Å². The second kappa shape index (κ2) is 8.53. The second-order valence-corrected chi connectivity index (χ2v) is 4.86. The number of nitrogens with one attached hydrogen (secondary N) is 2. The Labute approximate surface area is 119 Å². The predicted molar refractivity (Wildman–Crippen MR) is 78.6 cm³/mol. The molecule has 5 heteroatoms. The number of rotatable bonds is 8. The number of carbonyl (C=O) groups excluding carboxylic acids is 1. The van der Waals surface area contributed by atoms with Crippen LogP contribution in [0, 0.1) is 11.7 Å². The van der Waals surface area contributed by atoms with E-state index < -0.39 is 5.82 Å². The Balaban J connectivity index is 2.74. The fourth-order valence-electron chi connectivity index (χ4n) is 1.85. The SMILES string of the molecule is CCCNc1c(F)cccc1C(=O)NCC(C)COC. The van der Waals surface area contributed by atoms with E-state index in [2.05, 4.69) is 10.6 Å². The van der Waals surface area contributed by atoms with Crippen molar-refractivity contribution in [3.05, 3.63) is 29.6 Å². The first-order valence-corrected chi connectivity index (χ1v) is 6.89. The molecule has 0 heterocycles. The fourth-order valence-corrected chi connectivity index (χ4v) is 1.85. The van der Waals surface area contributed by atoms with Crippen LogP contribution in [0.25, 0.3) is 0 Å². The third-order valence-electron chi connectivity index (χ3n) is 2.87. The summed E-state index contributed by atoms with van der Waals surface area (Å²) in [5.74, 6) is -0.466. The number of amides is 1. The van der Waals surface area contributed by atoms with Gasteiger partial charge in [-0.3, -0.25) is 4.79 Å². The first-order valence-electron chi connectivity index (χ1n) is 6.89. The van der Waals surface area contributed by atoms with Crippen LogP contribution >= 0.6 is 0 Å². The van der Waals surface area contributed by atoms with E-state index in [1.165, 1.54) is 6.07 Å². The summed E-state index contributed by atoms with van der Waals surface area (Å²) in [4.78, 5) is 12.1. The van der Waals surface area contributed by atoms with E-state index in [1.807, 2.05) is 13.8 Å². The molecule has 2 N–H and O–H groups in total. The zero-order valence-electron chi connectivity index (χ0n) is 12.3. The second-order valence-electron chi connectivity index (χ2n) is 4.86. The molecule has 0 fully saturated rings. The summed E-state index contributed by atoms with van der Waals surface area (Å²) in [6.45, 7) is 5.66. The summed E-state index contributed by atoms with van der Waals surface area (Å²) in [5.41, 5.74) is 0.606. The summed E-state index contributed by atoms with van der Waals surface area (Å²) in [6.07, 6.45) is 0.861. The molecule has 0 aliphatic heterocycles. The number of hydrogen-bond acceptors (Lipinski definition) is 3. The zero-order valence-corrected chi connectivity index (χ0v) is 12.3. The average Bonchev–Trinajstić information content (AvgIpc) is 2.43. The first-order chi connectivity index (χ1) is 9.60. The van der Waals surface area contributed by atoms with Gasteiger partial charge in [0.25, 0.3) is 5.91 Å². The van der Waals surface area contributed by atoms with E-state index in [-0.39, 0.29) is 17.5 Å². The van der Waals surface area contributed by atoms with Crippen molar-refractivity contribution < 1.29 is 13.9 Å². The van der Waals surface area contributed by atoms with Crippen LogP contribution in [-0.4, -0.2) is 32.7 Å². The number of methoxy groups -OCH3 is 1. The Morgan fingerprint density at radius 2 is 2.20 bits per heavy atom. The molecule has 0 saturated heterocycles. The summed E-state index contributed by atoms with van der Waals surface area (Å²) in [5, 5.41) is 5.77. The van der Waals surface area contributed by atoms with Gasteiger partial charge in [-0.05, 0) is 24.5 Å². The van der Waals surface area contributed by atoms with Gasteiger partial charge in [-0.1, -0.05) is 19.9 Å². The lowest BCUT2D eigenvalue weighted by Gasteiger charge is -2.15. The monoisotopic (exact) mass is 282 g/mol. The summed E-state index contributed by atoms with van der Waals surface area (Å²) in [7, 11) is 1.62. The largest absolute Gasteiger partial charge is 0.384 e. The Bertz CT molecular complexity index is 438. The van der Waals surface area contributed by atoms with Gasteiger partial charge in [0.15, 0.2) is 0 Å². The number of ether oxygens (including phenoxy) is 1. The van der Waals surface area contributed by atoms with Gasteiger partial charge >= 0.3 is 0 Å². The Morgan fingerprint density at radius 3 is 2.85 bits per heavy atom. The van der Waals surface area contributed by atoms with Crippen molar-refractivity contribution in [1.82, 2.24) is 5.32 Å². The highest BCUT2D eigenvalue weighted by Gasteiger charge is 2.15. The van der Waals surface area contributed by atoms with Crippen molar-refractivity contribution in [3.8, 4) is 0 Å². The molecular weight excluding hydrogens is 259 g/mol. The molecule has 1 aromatic carbocycles. The highest BCUT2D eigenvalue weighted by molar-refractivity contribution is 5.99. The molecule has 0 aliphatic rings. The minimum atomic E-state index is -0.406. The minimum absolute atomic E-state index is 0.213. The molecule has 0 aromatic heterocycles. The molecule has 4 nitrogen and oxygen atoms in total. The quantitative estimate of drug-likeness (QED) is 0.770. The van der Waals surface area contributed by atoms with E-state index in [1.54, 1.807) is 19.2 Å². The van der Waals surface area contributed by atoms with Crippen LogP contribution in [0.1, 0.15) is 30.6 Å². The smallest absolute Gasteiger partial charge is 0.253 e. The maximum atomic E-state index is 13.8. The number of halogens is 1. The van der Waals surface area contributed by atoms with E-state index in [0.717, 1.165) is 6.42 Å². The summed E-state index contributed by atoms with van der Waals surface area (Å²) in [6, 6.07) is 4.51. The lowest BCUT2D eigenvalue weighted by atomic mass is 10.1. The van der Waals surface area contributed by atoms with Crippen LogP contribution in [-0.2, 0) is 4.74 Å². The minimum Gasteiger partial charge on any atom is -0.384 e. The third kappa shape index (κ3) is 4.81. The van der Waals surface area contributed by atoms with Crippen LogP contribution in [0.15, 0.2) is 18.2 Å². The first kappa shape index (κ1) is 16.4. The number of anilines is 1. The molecule has 112 valence electrons. The van der Waals surface area contributed by atoms with Gasteiger partial charge in [0.2, 0.25) is 0 Å². The van der Waals surface area contributed by atoms with Crippen molar-refractivity contribution in [2.24, 2.45) is 5.92 Å². The van der Waals surface area contributed by atoms with E-state index >= 15 is 0 Å². The van der Waals surface area contributed by atoms with Gasteiger partial charge in [0.1, 0.15) is 5.82 Å². The van der Waals surface area contributed by atoms with Crippen molar-refractivity contribution in [3.63, 3.8) is 0 Å². The van der Waals surface area contributed by atoms with Crippen LogP contribution in [0.5, 0.6) is 0 Å². The molecule has 1 unspecified atom stereocenters. The lowest BCUT2D eigenvalue weighted by molar-refractivity contribution is 0.0934. The maximum Gasteiger partial charge on any atom is 0.253 e. The number of para-hydroxylation sites is 1. The van der Waals surface area contributed by atoms with E-state index in [9.17, 15) is 9.18 Å². The van der Waals surface area contributed by atoms with Gasteiger partial charge in [-0.2, -0.15) is 0 Å². The molecule has 1 rings (SSSR count). The van der Waals surface area contributed by atoms with Crippen molar-refractivity contribution in [1.29, 1.82) is 0 Å². The normalized spacial score (nSPS) is 12.0. The van der Waals surface area contributed by atoms with Crippen LogP contribution in [0.4, 0.5) is 10.1 Å². The molecular formula is C15H23FN2O2. The van der Waals surface area contributed by atoms with Crippen molar-refractivity contribution in [2.45, 2.75) is 20.3 Å². The number of carbonyl (C=O) groups is 1. The molecule has 0 spiro atoms. The van der Waals surface area contributed by atoms with Gasteiger partial charge in [-0.15, -0.1) is 0 Å². The predicted octanol–water partition coefficient (Wildman–Crippen LogP) is 2.66. The third-order valence-corrected chi connectivity index (χ3v) is 2.87. The molecule has 0 saturated carbocycles. The average molecular weight is 282 g/mol. The molecule has 0 radical (unpaired) electrons. The maximum absolute atomic E-state index is 13.8.